The second-order valence-corrected chi connectivity index (χ2v) is 6.36. The summed E-state index contributed by atoms with van der Waals surface area (Å²) in [6.07, 6.45) is 9.17. The van der Waals surface area contributed by atoms with Gasteiger partial charge in [-0.1, -0.05) is 25.3 Å². The molecule has 1 aromatic carbocycles. The van der Waals surface area contributed by atoms with Crippen LogP contribution in [0.3, 0.4) is 0 Å². The topological polar surface area (TPSA) is 67.1 Å². The third kappa shape index (κ3) is 3.49. The number of aryl methyl sites for hydroxylation is 1. The van der Waals surface area contributed by atoms with Crippen molar-refractivity contribution in [1.29, 1.82) is 0 Å². The number of carbonyl (C=O) groups is 1. The minimum atomic E-state index is -0.0171. The van der Waals surface area contributed by atoms with E-state index in [0.29, 0.717) is 6.04 Å². The molecule has 4 nitrogen and oxygen atoms in total. The van der Waals surface area contributed by atoms with E-state index in [9.17, 15) is 4.79 Å². The normalized spacial score (nSPS) is 22.4. The van der Waals surface area contributed by atoms with Crippen molar-refractivity contribution >= 4 is 11.7 Å². The van der Waals surface area contributed by atoms with Crippen LogP contribution in [0.2, 0.25) is 0 Å². The Balaban J connectivity index is 1.61. The molecule has 0 saturated heterocycles. The fourth-order valence-electron chi connectivity index (χ4n) is 3.62. The highest BCUT2D eigenvalue weighted by atomic mass is 16.2. The van der Waals surface area contributed by atoms with Crippen molar-refractivity contribution in [1.82, 2.24) is 10.6 Å². The van der Waals surface area contributed by atoms with Crippen LogP contribution >= 0.6 is 0 Å². The number of nitrogen functional groups attached to an aromatic ring is 1. The first-order chi connectivity index (χ1) is 10.2. The Hall–Kier alpha value is -1.71. The van der Waals surface area contributed by atoms with Gasteiger partial charge in [0.25, 0.3) is 0 Å². The molecular formula is C17H25N3O. The number of hydrogen-bond acceptors (Lipinski definition) is 2. The van der Waals surface area contributed by atoms with Crippen LogP contribution in [-0.4, -0.2) is 12.1 Å². The molecule has 2 amide bonds. The zero-order valence-electron chi connectivity index (χ0n) is 12.5. The molecule has 1 fully saturated rings. The minimum absolute atomic E-state index is 0.0171. The average Bonchev–Trinajstić information content (AvgIpc) is 2.48. The van der Waals surface area contributed by atoms with E-state index in [2.05, 4.69) is 16.7 Å². The SMILES string of the molecule is Nc1ccc2c(c1)CCCC2NC(=O)NC1CCCCC1. The lowest BCUT2D eigenvalue weighted by Gasteiger charge is -2.28. The summed E-state index contributed by atoms with van der Waals surface area (Å²) in [5.41, 5.74) is 9.17. The molecule has 4 heteroatoms. The summed E-state index contributed by atoms with van der Waals surface area (Å²) in [6, 6.07) is 6.50. The molecule has 1 saturated carbocycles. The van der Waals surface area contributed by atoms with E-state index in [-0.39, 0.29) is 12.1 Å². The number of hydrogen-bond donors (Lipinski definition) is 3. The number of carbonyl (C=O) groups excluding carboxylic acids is 1. The van der Waals surface area contributed by atoms with Crippen molar-refractivity contribution in [2.45, 2.75) is 63.5 Å². The molecule has 21 heavy (non-hydrogen) atoms. The Kier molecular flexibility index (Phi) is 4.32. The molecule has 1 unspecified atom stereocenters. The number of nitrogens with two attached hydrogens (primary N) is 1. The molecule has 0 bridgehead atoms. The van der Waals surface area contributed by atoms with Crippen LogP contribution in [0.1, 0.15) is 62.1 Å². The lowest BCUT2D eigenvalue weighted by molar-refractivity contribution is 0.227. The summed E-state index contributed by atoms with van der Waals surface area (Å²) >= 11 is 0. The number of fused-ring (bicyclic) bond motifs is 1. The van der Waals surface area contributed by atoms with Crippen molar-refractivity contribution < 1.29 is 4.79 Å². The predicted molar refractivity (Wildman–Crippen MR) is 85.1 cm³/mol. The maximum Gasteiger partial charge on any atom is 0.315 e. The summed E-state index contributed by atoms with van der Waals surface area (Å²) in [5.74, 6) is 0. The molecule has 114 valence electrons. The number of urea groups is 1. The van der Waals surface area contributed by atoms with Gasteiger partial charge in [0.05, 0.1) is 6.04 Å². The van der Waals surface area contributed by atoms with Crippen LogP contribution in [0, 0.1) is 0 Å². The van der Waals surface area contributed by atoms with Gasteiger partial charge < -0.3 is 16.4 Å². The van der Waals surface area contributed by atoms with E-state index in [1.807, 2.05) is 12.1 Å². The summed E-state index contributed by atoms with van der Waals surface area (Å²) < 4.78 is 0. The summed E-state index contributed by atoms with van der Waals surface area (Å²) in [4.78, 5) is 12.2. The zero-order chi connectivity index (χ0) is 14.7. The Morgan fingerprint density at radius 2 is 1.86 bits per heavy atom. The van der Waals surface area contributed by atoms with Crippen LogP contribution in [0.25, 0.3) is 0 Å². The van der Waals surface area contributed by atoms with E-state index >= 15 is 0 Å². The number of rotatable bonds is 2. The molecule has 0 heterocycles. The highest BCUT2D eigenvalue weighted by Gasteiger charge is 2.23. The summed E-state index contributed by atoms with van der Waals surface area (Å²) in [6.45, 7) is 0. The molecule has 1 aromatic rings. The second kappa shape index (κ2) is 6.37. The Morgan fingerprint density at radius 3 is 2.67 bits per heavy atom. The molecule has 2 aliphatic carbocycles. The smallest absolute Gasteiger partial charge is 0.315 e. The van der Waals surface area contributed by atoms with Crippen molar-refractivity contribution in [2.24, 2.45) is 0 Å². The molecule has 1 atom stereocenters. The number of benzene rings is 1. The quantitative estimate of drug-likeness (QED) is 0.731. The molecule has 0 spiro atoms. The third-order valence-corrected chi connectivity index (χ3v) is 4.73. The molecule has 4 N–H and O–H groups in total. The van der Waals surface area contributed by atoms with E-state index in [1.54, 1.807) is 0 Å². The Labute approximate surface area is 126 Å². The Morgan fingerprint density at radius 1 is 1.05 bits per heavy atom. The van der Waals surface area contributed by atoms with Gasteiger partial charge in [-0.05, 0) is 55.4 Å². The van der Waals surface area contributed by atoms with Gasteiger partial charge >= 0.3 is 6.03 Å². The highest BCUT2D eigenvalue weighted by Crippen LogP contribution is 2.31. The van der Waals surface area contributed by atoms with Crippen LogP contribution in [0.4, 0.5) is 10.5 Å². The highest BCUT2D eigenvalue weighted by molar-refractivity contribution is 5.75. The zero-order valence-corrected chi connectivity index (χ0v) is 12.5. The third-order valence-electron chi connectivity index (χ3n) is 4.73. The van der Waals surface area contributed by atoms with E-state index in [4.69, 9.17) is 5.73 Å². The maximum absolute atomic E-state index is 12.2. The van der Waals surface area contributed by atoms with Crippen molar-refractivity contribution in [3.63, 3.8) is 0 Å². The lowest BCUT2D eigenvalue weighted by Crippen LogP contribution is -2.44. The molecule has 0 aromatic heterocycles. The first-order valence-corrected chi connectivity index (χ1v) is 8.18. The number of anilines is 1. The predicted octanol–water partition coefficient (Wildman–Crippen LogP) is 3.28. The first-order valence-electron chi connectivity index (χ1n) is 8.18. The molecule has 2 aliphatic rings. The van der Waals surface area contributed by atoms with Gasteiger partial charge in [-0.2, -0.15) is 0 Å². The van der Waals surface area contributed by atoms with Gasteiger partial charge in [-0.3, -0.25) is 0 Å². The summed E-state index contributed by atoms with van der Waals surface area (Å²) in [5, 5.41) is 6.28. The minimum Gasteiger partial charge on any atom is -0.399 e. The molecule has 0 aliphatic heterocycles. The van der Waals surface area contributed by atoms with Crippen molar-refractivity contribution in [2.75, 3.05) is 5.73 Å². The monoisotopic (exact) mass is 287 g/mol. The number of nitrogens with one attached hydrogen (secondary N) is 2. The standard InChI is InChI=1S/C17H25N3O/c18-13-9-10-15-12(11-13)5-4-8-16(15)20-17(21)19-14-6-2-1-3-7-14/h9-11,14,16H,1-8,18H2,(H2,19,20,21). The number of amides is 2. The van der Waals surface area contributed by atoms with Gasteiger partial charge in [0.1, 0.15) is 0 Å². The van der Waals surface area contributed by atoms with Crippen molar-refractivity contribution in [3.05, 3.63) is 29.3 Å². The van der Waals surface area contributed by atoms with Gasteiger partial charge in [0, 0.05) is 11.7 Å². The maximum atomic E-state index is 12.2. The van der Waals surface area contributed by atoms with Gasteiger partial charge in [-0.15, -0.1) is 0 Å². The fourth-order valence-corrected chi connectivity index (χ4v) is 3.62. The fraction of sp³-hybridized carbons (Fsp3) is 0.588. The molecule has 3 rings (SSSR count). The first kappa shape index (κ1) is 14.2. The van der Waals surface area contributed by atoms with Gasteiger partial charge in [0.2, 0.25) is 0 Å². The van der Waals surface area contributed by atoms with Crippen LogP contribution in [0.15, 0.2) is 18.2 Å². The largest absolute Gasteiger partial charge is 0.399 e. The molecule has 0 radical (unpaired) electrons. The van der Waals surface area contributed by atoms with E-state index in [1.165, 1.54) is 30.4 Å². The van der Waals surface area contributed by atoms with Crippen molar-refractivity contribution in [3.8, 4) is 0 Å². The Bertz CT molecular complexity index is 509. The van der Waals surface area contributed by atoms with E-state index in [0.717, 1.165) is 37.8 Å². The van der Waals surface area contributed by atoms with Gasteiger partial charge in [-0.25, -0.2) is 4.79 Å². The van der Waals surface area contributed by atoms with E-state index < -0.39 is 0 Å². The second-order valence-electron chi connectivity index (χ2n) is 6.36. The lowest BCUT2D eigenvalue weighted by atomic mass is 9.87. The van der Waals surface area contributed by atoms with Crippen LogP contribution in [-0.2, 0) is 6.42 Å². The van der Waals surface area contributed by atoms with Crippen LogP contribution in [0.5, 0.6) is 0 Å². The molecular weight excluding hydrogens is 262 g/mol. The van der Waals surface area contributed by atoms with Gasteiger partial charge in [0.15, 0.2) is 0 Å². The summed E-state index contributed by atoms with van der Waals surface area (Å²) in [7, 11) is 0. The van der Waals surface area contributed by atoms with Crippen LogP contribution < -0.4 is 16.4 Å². The average molecular weight is 287 g/mol.